The van der Waals surface area contributed by atoms with Gasteiger partial charge in [-0.1, -0.05) is 13.8 Å². The molecule has 1 aromatic rings. The molecule has 0 saturated heterocycles. The molecule has 1 heterocycles. The molecule has 0 bridgehead atoms. The summed E-state index contributed by atoms with van der Waals surface area (Å²) in [7, 11) is 0. The van der Waals surface area contributed by atoms with Crippen molar-refractivity contribution in [2.24, 2.45) is 11.1 Å². The molecule has 3 nitrogen and oxygen atoms in total. The van der Waals surface area contributed by atoms with Crippen molar-refractivity contribution in [3.63, 3.8) is 0 Å². The number of hydrogen-bond donors (Lipinski definition) is 1. The fourth-order valence-corrected chi connectivity index (χ4v) is 1.64. The fraction of sp³-hybridized carbons (Fsp3) is 0.556. The highest BCUT2D eigenvalue weighted by atomic mass is 15.0. The van der Waals surface area contributed by atoms with Gasteiger partial charge in [0.15, 0.2) is 0 Å². The largest absolute Gasteiger partial charge is 0.327 e. The first-order valence-corrected chi connectivity index (χ1v) is 4.16. The van der Waals surface area contributed by atoms with E-state index in [1.165, 1.54) is 0 Å². The third kappa shape index (κ3) is 0.932. The van der Waals surface area contributed by atoms with E-state index in [2.05, 4.69) is 23.8 Å². The van der Waals surface area contributed by atoms with Gasteiger partial charge in [-0.05, 0) is 11.5 Å². The van der Waals surface area contributed by atoms with Gasteiger partial charge in [-0.15, -0.1) is 0 Å². The van der Waals surface area contributed by atoms with Crippen molar-refractivity contribution >= 4 is 0 Å². The number of aromatic nitrogens is 2. The van der Waals surface area contributed by atoms with E-state index in [4.69, 9.17) is 5.73 Å². The molecule has 3 heteroatoms. The molecule has 0 spiro atoms. The molecule has 1 aromatic heterocycles. The van der Waals surface area contributed by atoms with Gasteiger partial charge in [-0.25, -0.2) is 9.97 Å². The molecule has 2 N–H and O–H groups in total. The van der Waals surface area contributed by atoms with E-state index in [-0.39, 0.29) is 11.5 Å². The molecule has 0 aliphatic heterocycles. The lowest BCUT2D eigenvalue weighted by Crippen LogP contribution is -2.06. The van der Waals surface area contributed by atoms with Gasteiger partial charge in [-0.3, -0.25) is 0 Å². The number of rotatable bonds is 1. The lowest BCUT2D eigenvalue weighted by Gasteiger charge is -1.98. The van der Waals surface area contributed by atoms with E-state index >= 15 is 0 Å². The fourth-order valence-electron chi connectivity index (χ4n) is 1.64. The Morgan fingerprint density at radius 3 is 2.25 bits per heavy atom. The second kappa shape index (κ2) is 2.26. The highest BCUT2D eigenvalue weighted by Gasteiger charge is 2.57. The van der Waals surface area contributed by atoms with Crippen LogP contribution in [0.25, 0.3) is 0 Å². The van der Waals surface area contributed by atoms with Crippen molar-refractivity contribution in [1.82, 2.24) is 9.97 Å². The number of nitrogens with zero attached hydrogens (tertiary/aromatic N) is 2. The Morgan fingerprint density at radius 2 is 1.83 bits per heavy atom. The summed E-state index contributed by atoms with van der Waals surface area (Å²) in [6, 6.07) is 2.05. The molecule has 1 fully saturated rings. The Labute approximate surface area is 72.0 Å². The minimum atomic E-state index is 0.182. The first-order chi connectivity index (χ1) is 5.64. The first-order valence-electron chi connectivity index (χ1n) is 4.16. The molecular weight excluding hydrogens is 150 g/mol. The van der Waals surface area contributed by atoms with Gasteiger partial charge in [0.05, 0.1) is 0 Å². The van der Waals surface area contributed by atoms with E-state index < -0.39 is 0 Å². The molecule has 12 heavy (non-hydrogen) atoms. The quantitative estimate of drug-likeness (QED) is 0.670. The van der Waals surface area contributed by atoms with Crippen LogP contribution < -0.4 is 5.73 Å². The van der Waals surface area contributed by atoms with Crippen LogP contribution in [-0.2, 0) is 0 Å². The zero-order chi connectivity index (χ0) is 8.77. The van der Waals surface area contributed by atoms with Gasteiger partial charge in [0.2, 0.25) is 0 Å². The van der Waals surface area contributed by atoms with Crippen LogP contribution in [0, 0.1) is 5.41 Å². The molecule has 0 unspecified atom stereocenters. The maximum Gasteiger partial charge on any atom is 0.133 e. The summed E-state index contributed by atoms with van der Waals surface area (Å²) in [4.78, 5) is 8.39. The molecule has 0 radical (unpaired) electrons. The summed E-state index contributed by atoms with van der Waals surface area (Å²) in [6.45, 7) is 4.30. The molecule has 64 valence electrons. The Morgan fingerprint density at radius 1 is 1.33 bits per heavy atom. The predicted molar refractivity (Wildman–Crippen MR) is 46.5 cm³/mol. The average molecular weight is 163 g/mol. The molecule has 0 aromatic carbocycles. The highest BCUT2D eigenvalue weighted by molar-refractivity contribution is 5.23. The summed E-state index contributed by atoms with van der Waals surface area (Å²) < 4.78 is 0. The standard InChI is InChI=1S/C9H13N3/c1-9(2)6(7(9)10)8-11-4-3-5-12-8/h3-7H,10H2,1-2H3/t6-,7+/m1/s1. The molecule has 2 atom stereocenters. The SMILES string of the molecule is CC1(C)[C@@H](N)[C@@H]1c1ncccn1. The summed E-state index contributed by atoms with van der Waals surface area (Å²) in [5.41, 5.74) is 6.08. The molecule has 1 aliphatic rings. The van der Waals surface area contributed by atoms with Gasteiger partial charge in [0.25, 0.3) is 0 Å². The zero-order valence-electron chi connectivity index (χ0n) is 7.36. The van der Waals surface area contributed by atoms with Crippen LogP contribution in [0.5, 0.6) is 0 Å². The smallest absolute Gasteiger partial charge is 0.133 e. The van der Waals surface area contributed by atoms with Crippen LogP contribution in [0.2, 0.25) is 0 Å². The van der Waals surface area contributed by atoms with Crippen LogP contribution >= 0.6 is 0 Å². The third-order valence-electron chi connectivity index (χ3n) is 2.77. The van der Waals surface area contributed by atoms with E-state index in [1.54, 1.807) is 12.4 Å². The van der Waals surface area contributed by atoms with E-state index in [1.807, 2.05) is 6.07 Å². The van der Waals surface area contributed by atoms with Crippen LogP contribution in [-0.4, -0.2) is 16.0 Å². The summed E-state index contributed by atoms with van der Waals surface area (Å²) in [5.74, 6) is 1.23. The molecule has 2 rings (SSSR count). The minimum absolute atomic E-state index is 0.182. The second-order valence-corrected chi connectivity index (χ2v) is 3.93. The van der Waals surface area contributed by atoms with E-state index in [0.717, 1.165) is 5.82 Å². The Bertz CT molecular complexity index is 281. The van der Waals surface area contributed by atoms with Crippen molar-refractivity contribution in [3.8, 4) is 0 Å². The predicted octanol–water partition coefficient (Wildman–Crippen LogP) is 0.927. The van der Waals surface area contributed by atoms with Crippen molar-refractivity contribution < 1.29 is 0 Å². The third-order valence-corrected chi connectivity index (χ3v) is 2.77. The Hall–Kier alpha value is -0.960. The van der Waals surface area contributed by atoms with Crippen molar-refractivity contribution in [3.05, 3.63) is 24.3 Å². The lowest BCUT2D eigenvalue weighted by molar-refractivity contribution is 0.590. The van der Waals surface area contributed by atoms with Gasteiger partial charge in [0, 0.05) is 24.4 Å². The van der Waals surface area contributed by atoms with Crippen LogP contribution in [0.4, 0.5) is 0 Å². The Balaban J connectivity index is 2.25. The van der Waals surface area contributed by atoms with Gasteiger partial charge >= 0.3 is 0 Å². The van der Waals surface area contributed by atoms with Crippen molar-refractivity contribution in [2.45, 2.75) is 25.8 Å². The molecule has 1 saturated carbocycles. The van der Waals surface area contributed by atoms with Gasteiger partial charge in [-0.2, -0.15) is 0 Å². The van der Waals surface area contributed by atoms with E-state index in [0.29, 0.717) is 5.92 Å². The molecule has 1 aliphatic carbocycles. The molecule has 0 amide bonds. The normalized spacial score (nSPS) is 31.6. The van der Waals surface area contributed by atoms with Crippen LogP contribution in [0.15, 0.2) is 18.5 Å². The summed E-state index contributed by atoms with van der Waals surface area (Å²) in [5, 5.41) is 0. The lowest BCUT2D eigenvalue weighted by atomic mass is 10.1. The monoisotopic (exact) mass is 163 g/mol. The van der Waals surface area contributed by atoms with Gasteiger partial charge in [0.1, 0.15) is 5.82 Å². The highest BCUT2D eigenvalue weighted by Crippen LogP contribution is 2.55. The zero-order valence-corrected chi connectivity index (χ0v) is 7.36. The number of hydrogen-bond acceptors (Lipinski definition) is 3. The second-order valence-electron chi connectivity index (χ2n) is 3.93. The maximum atomic E-state index is 5.90. The molecular formula is C9H13N3. The number of nitrogens with two attached hydrogens (primary N) is 1. The van der Waals surface area contributed by atoms with Gasteiger partial charge < -0.3 is 5.73 Å². The minimum Gasteiger partial charge on any atom is -0.327 e. The summed E-state index contributed by atoms with van der Waals surface area (Å²) in [6.07, 6.45) is 3.53. The van der Waals surface area contributed by atoms with E-state index in [9.17, 15) is 0 Å². The Kier molecular flexibility index (Phi) is 1.45. The first kappa shape index (κ1) is 7.68. The van der Waals surface area contributed by atoms with Crippen LogP contribution in [0.1, 0.15) is 25.6 Å². The summed E-state index contributed by atoms with van der Waals surface area (Å²) >= 11 is 0. The average Bonchev–Trinajstić information content (AvgIpc) is 2.53. The van der Waals surface area contributed by atoms with Crippen molar-refractivity contribution in [2.75, 3.05) is 0 Å². The topological polar surface area (TPSA) is 51.8 Å². The van der Waals surface area contributed by atoms with Crippen LogP contribution in [0.3, 0.4) is 0 Å². The van der Waals surface area contributed by atoms with Crippen molar-refractivity contribution in [1.29, 1.82) is 0 Å². The maximum absolute atomic E-state index is 5.90.